The van der Waals surface area contributed by atoms with Crippen molar-refractivity contribution in [2.24, 2.45) is 0 Å². The molecular formula is C21H21N3. The summed E-state index contributed by atoms with van der Waals surface area (Å²) in [7, 11) is 0. The molecule has 0 atom stereocenters. The number of hydrogen-bond acceptors (Lipinski definition) is 2. The third-order valence-corrected chi connectivity index (χ3v) is 5.08. The fourth-order valence-electron chi connectivity index (χ4n) is 3.33. The molecule has 3 heteroatoms. The van der Waals surface area contributed by atoms with Crippen LogP contribution in [0.5, 0.6) is 0 Å². The van der Waals surface area contributed by atoms with E-state index >= 15 is 0 Å². The third-order valence-electron chi connectivity index (χ3n) is 5.08. The number of nitrogens with zero attached hydrogens (tertiary/aromatic N) is 3. The normalized spacial score (nSPS) is 14.5. The Balaban J connectivity index is 1.71. The van der Waals surface area contributed by atoms with Crippen LogP contribution in [0, 0.1) is 6.92 Å². The summed E-state index contributed by atoms with van der Waals surface area (Å²) >= 11 is 0. The Bertz CT molecular complexity index is 945. The summed E-state index contributed by atoms with van der Waals surface area (Å²) in [5.74, 6) is 0.657. The van der Waals surface area contributed by atoms with E-state index in [4.69, 9.17) is 4.98 Å². The first kappa shape index (κ1) is 14.9. The van der Waals surface area contributed by atoms with E-state index in [1.54, 1.807) is 0 Å². The minimum absolute atomic E-state index is 0.657. The molecule has 0 saturated heterocycles. The second-order valence-corrected chi connectivity index (χ2v) is 6.52. The van der Waals surface area contributed by atoms with E-state index in [0.717, 1.165) is 33.5 Å². The second kappa shape index (κ2) is 5.75. The zero-order valence-electron chi connectivity index (χ0n) is 14.0. The maximum absolute atomic E-state index is 4.83. The highest BCUT2D eigenvalue weighted by molar-refractivity contribution is 5.82. The topological polar surface area (TPSA) is 30.2 Å². The Kier molecular flexibility index (Phi) is 3.57. The van der Waals surface area contributed by atoms with E-state index in [1.807, 2.05) is 23.0 Å². The van der Waals surface area contributed by atoms with Crippen molar-refractivity contribution >= 4 is 17.2 Å². The zero-order valence-corrected chi connectivity index (χ0v) is 14.0. The number of fused-ring (bicyclic) bond motifs is 1. The molecule has 1 fully saturated rings. The Morgan fingerprint density at radius 2 is 2.12 bits per heavy atom. The van der Waals surface area contributed by atoms with Crippen molar-refractivity contribution in [3.63, 3.8) is 0 Å². The summed E-state index contributed by atoms with van der Waals surface area (Å²) in [4.78, 5) is 4.83. The molecule has 120 valence electrons. The van der Waals surface area contributed by atoms with Crippen LogP contribution in [0.4, 0.5) is 0 Å². The fraction of sp³-hybridized carbons (Fsp3) is 0.238. The molecule has 1 aliphatic carbocycles. The van der Waals surface area contributed by atoms with Gasteiger partial charge in [-0.05, 0) is 49.1 Å². The van der Waals surface area contributed by atoms with Gasteiger partial charge in [-0.25, -0.2) is 4.52 Å². The van der Waals surface area contributed by atoms with Crippen molar-refractivity contribution in [3.8, 4) is 0 Å². The van der Waals surface area contributed by atoms with Gasteiger partial charge in [0, 0.05) is 34.6 Å². The molecule has 3 nitrogen and oxygen atoms in total. The van der Waals surface area contributed by atoms with Crippen LogP contribution in [0.2, 0.25) is 0 Å². The predicted molar refractivity (Wildman–Crippen MR) is 99.0 cm³/mol. The number of hydrogen-bond donors (Lipinski definition) is 0. The molecule has 24 heavy (non-hydrogen) atoms. The number of aryl methyl sites for hydroxylation is 1. The second-order valence-electron chi connectivity index (χ2n) is 6.52. The first-order valence-corrected chi connectivity index (χ1v) is 8.44. The van der Waals surface area contributed by atoms with Gasteiger partial charge < -0.3 is 0 Å². The Labute approximate surface area is 142 Å². The first-order chi connectivity index (χ1) is 11.7. The first-order valence-electron chi connectivity index (χ1n) is 8.44. The summed E-state index contributed by atoms with van der Waals surface area (Å²) in [5.41, 5.74) is 7.56. The summed E-state index contributed by atoms with van der Waals surface area (Å²) in [5, 5.41) is 4.33. The van der Waals surface area contributed by atoms with Gasteiger partial charge in [-0.3, -0.25) is 4.98 Å². The maximum Gasteiger partial charge on any atom is 0.0739 e. The van der Waals surface area contributed by atoms with Crippen molar-refractivity contribution in [3.05, 3.63) is 77.9 Å². The molecule has 0 N–H and O–H groups in total. The highest BCUT2D eigenvalue weighted by atomic mass is 15.2. The minimum atomic E-state index is 0.657. The van der Waals surface area contributed by atoms with E-state index < -0.39 is 0 Å². The van der Waals surface area contributed by atoms with Crippen molar-refractivity contribution in [1.29, 1.82) is 0 Å². The Morgan fingerprint density at radius 1 is 1.29 bits per heavy atom. The number of pyridine rings is 2. The standard InChI is InChI=1S/C21H21N3/c1-4-16-13-22-24-11-10-18(12-21(16)24)14(2)19-8-9-20(23-15(19)3)17-6-5-7-17/h4,8-13,17H,1-2,5-7H2,3H3. The van der Waals surface area contributed by atoms with Gasteiger partial charge in [0.15, 0.2) is 0 Å². The van der Waals surface area contributed by atoms with E-state index in [-0.39, 0.29) is 0 Å². The zero-order chi connectivity index (χ0) is 16.7. The summed E-state index contributed by atoms with van der Waals surface area (Å²) in [6, 6.07) is 8.51. The lowest BCUT2D eigenvalue weighted by Crippen LogP contribution is -2.11. The summed E-state index contributed by atoms with van der Waals surface area (Å²) in [6.07, 6.45) is 9.50. The average molecular weight is 315 g/mol. The highest BCUT2D eigenvalue weighted by Crippen LogP contribution is 2.36. The van der Waals surface area contributed by atoms with Crippen molar-refractivity contribution in [1.82, 2.24) is 14.6 Å². The molecule has 0 aromatic carbocycles. The number of rotatable bonds is 4. The van der Waals surface area contributed by atoms with Gasteiger partial charge in [-0.1, -0.05) is 31.7 Å². The Morgan fingerprint density at radius 3 is 2.79 bits per heavy atom. The summed E-state index contributed by atoms with van der Waals surface area (Å²) in [6.45, 7) is 10.2. The van der Waals surface area contributed by atoms with E-state index in [1.165, 1.54) is 25.0 Å². The van der Waals surface area contributed by atoms with Gasteiger partial charge >= 0.3 is 0 Å². The van der Waals surface area contributed by atoms with Gasteiger partial charge in [-0.15, -0.1) is 0 Å². The lowest BCUT2D eigenvalue weighted by Gasteiger charge is -2.25. The largest absolute Gasteiger partial charge is 0.257 e. The minimum Gasteiger partial charge on any atom is -0.257 e. The van der Waals surface area contributed by atoms with Gasteiger partial charge in [0.2, 0.25) is 0 Å². The van der Waals surface area contributed by atoms with Gasteiger partial charge in [0.05, 0.1) is 11.7 Å². The molecule has 0 unspecified atom stereocenters. The molecule has 3 aromatic rings. The van der Waals surface area contributed by atoms with Gasteiger partial charge in [0.1, 0.15) is 0 Å². The van der Waals surface area contributed by atoms with Crippen LogP contribution in [0.15, 0.2) is 49.8 Å². The molecule has 0 amide bonds. The van der Waals surface area contributed by atoms with Crippen LogP contribution in [0.1, 0.15) is 53.3 Å². The van der Waals surface area contributed by atoms with Crippen LogP contribution < -0.4 is 0 Å². The van der Waals surface area contributed by atoms with Gasteiger partial charge in [0.25, 0.3) is 0 Å². The fourth-order valence-corrected chi connectivity index (χ4v) is 3.33. The van der Waals surface area contributed by atoms with E-state index in [9.17, 15) is 0 Å². The maximum atomic E-state index is 4.83. The van der Waals surface area contributed by atoms with E-state index in [2.05, 4.69) is 49.4 Å². The molecule has 1 aliphatic rings. The smallest absolute Gasteiger partial charge is 0.0739 e. The molecule has 3 aromatic heterocycles. The lowest BCUT2D eigenvalue weighted by atomic mass is 9.82. The van der Waals surface area contributed by atoms with Crippen LogP contribution in [0.25, 0.3) is 17.2 Å². The molecule has 1 saturated carbocycles. The number of aromatic nitrogens is 3. The predicted octanol–water partition coefficient (Wildman–Crippen LogP) is 5.01. The molecule has 4 rings (SSSR count). The quantitative estimate of drug-likeness (QED) is 0.677. The van der Waals surface area contributed by atoms with Crippen LogP contribution in [0.3, 0.4) is 0 Å². The van der Waals surface area contributed by atoms with Crippen LogP contribution in [-0.2, 0) is 0 Å². The lowest BCUT2D eigenvalue weighted by molar-refractivity contribution is 0.410. The summed E-state index contributed by atoms with van der Waals surface area (Å²) < 4.78 is 1.86. The molecule has 0 radical (unpaired) electrons. The monoisotopic (exact) mass is 315 g/mol. The van der Waals surface area contributed by atoms with Crippen molar-refractivity contribution in [2.45, 2.75) is 32.1 Å². The molecule has 0 aliphatic heterocycles. The SMILES string of the molecule is C=Cc1cnn2ccc(C(=C)c3ccc(C4CCC4)nc3C)cc12. The van der Waals surface area contributed by atoms with Crippen LogP contribution >= 0.6 is 0 Å². The molecule has 0 spiro atoms. The van der Waals surface area contributed by atoms with Crippen molar-refractivity contribution in [2.75, 3.05) is 0 Å². The average Bonchev–Trinajstić information content (AvgIpc) is 2.95. The highest BCUT2D eigenvalue weighted by Gasteiger charge is 2.21. The third kappa shape index (κ3) is 2.37. The van der Waals surface area contributed by atoms with Gasteiger partial charge in [-0.2, -0.15) is 5.10 Å². The molecule has 3 heterocycles. The van der Waals surface area contributed by atoms with Crippen LogP contribution in [-0.4, -0.2) is 14.6 Å². The van der Waals surface area contributed by atoms with Crippen molar-refractivity contribution < 1.29 is 0 Å². The van der Waals surface area contributed by atoms with E-state index in [0.29, 0.717) is 5.92 Å². The molecular weight excluding hydrogens is 294 g/mol. The Hall–Kier alpha value is -2.68. The molecule has 0 bridgehead atoms.